The minimum atomic E-state index is -1.05. The molecule has 166 valence electrons. The molecule has 0 unspecified atom stereocenters. The third-order valence-corrected chi connectivity index (χ3v) is 5.13. The van der Waals surface area contributed by atoms with Crippen LogP contribution in [0.15, 0.2) is 72.6 Å². The van der Waals surface area contributed by atoms with Crippen molar-refractivity contribution in [3.05, 3.63) is 89.4 Å². The van der Waals surface area contributed by atoms with Gasteiger partial charge in [0.15, 0.2) is 0 Å². The molecule has 0 saturated carbocycles. The minimum Gasteiger partial charge on any atom is -0.478 e. The van der Waals surface area contributed by atoms with Crippen LogP contribution in [0.5, 0.6) is 0 Å². The molecule has 2 heterocycles. The molecule has 0 radical (unpaired) electrons. The first-order valence-electron chi connectivity index (χ1n) is 10.0. The second-order valence-corrected chi connectivity index (χ2v) is 7.40. The molecular weight excluding hydrogens is 424 g/mol. The van der Waals surface area contributed by atoms with Gasteiger partial charge in [0.2, 0.25) is 5.91 Å². The molecular formula is C24H20N4O5. The van der Waals surface area contributed by atoms with Crippen LogP contribution in [0.3, 0.4) is 0 Å². The Morgan fingerprint density at radius 3 is 2.61 bits per heavy atom. The van der Waals surface area contributed by atoms with Crippen molar-refractivity contribution >= 4 is 35.6 Å². The van der Waals surface area contributed by atoms with E-state index in [1.54, 1.807) is 47.2 Å². The highest BCUT2D eigenvalue weighted by Gasteiger charge is 2.35. The van der Waals surface area contributed by atoms with Gasteiger partial charge in [0.05, 0.1) is 5.56 Å². The molecule has 4 rings (SSSR count). The third-order valence-electron chi connectivity index (χ3n) is 5.13. The van der Waals surface area contributed by atoms with Crippen LogP contribution in [-0.2, 0) is 9.59 Å². The normalized spacial score (nSPS) is 14.5. The summed E-state index contributed by atoms with van der Waals surface area (Å²) in [7, 11) is 0. The van der Waals surface area contributed by atoms with Crippen LogP contribution in [0.2, 0.25) is 0 Å². The van der Waals surface area contributed by atoms with Gasteiger partial charge in [-0.1, -0.05) is 24.3 Å². The Morgan fingerprint density at radius 2 is 1.85 bits per heavy atom. The lowest BCUT2D eigenvalue weighted by Crippen LogP contribution is -2.38. The highest BCUT2D eigenvalue weighted by molar-refractivity contribution is 6.15. The van der Waals surface area contributed by atoms with Crippen LogP contribution in [0.25, 0.3) is 11.8 Å². The van der Waals surface area contributed by atoms with E-state index in [1.165, 1.54) is 18.2 Å². The first kappa shape index (κ1) is 21.6. The van der Waals surface area contributed by atoms with Gasteiger partial charge in [-0.2, -0.15) is 0 Å². The molecule has 1 saturated heterocycles. The molecule has 1 aliphatic heterocycles. The topological polar surface area (TPSA) is 121 Å². The molecule has 4 amide bonds. The van der Waals surface area contributed by atoms with Crippen LogP contribution >= 0.6 is 0 Å². The Kier molecular flexibility index (Phi) is 5.77. The molecule has 0 aliphatic carbocycles. The van der Waals surface area contributed by atoms with Crippen molar-refractivity contribution in [1.82, 2.24) is 14.8 Å². The van der Waals surface area contributed by atoms with Crippen molar-refractivity contribution in [3.63, 3.8) is 0 Å². The largest absolute Gasteiger partial charge is 0.478 e. The second kappa shape index (κ2) is 8.83. The lowest BCUT2D eigenvalue weighted by atomic mass is 10.2. The molecule has 33 heavy (non-hydrogen) atoms. The van der Waals surface area contributed by atoms with E-state index in [2.05, 4.69) is 10.6 Å². The van der Waals surface area contributed by atoms with Crippen LogP contribution < -0.4 is 10.6 Å². The predicted octanol–water partition coefficient (Wildman–Crippen LogP) is 3.02. The number of urea groups is 1. The molecule has 9 heteroatoms. The zero-order chi connectivity index (χ0) is 23.5. The highest BCUT2D eigenvalue weighted by atomic mass is 16.4. The van der Waals surface area contributed by atoms with E-state index >= 15 is 0 Å². The van der Waals surface area contributed by atoms with Crippen molar-refractivity contribution in [2.45, 2.75) is 6.92 Å². The molecule has 0 atom stereocenters. The summed E-state index contributed by atoms with van der Waals surface area (Å²) in [6, 6.07) is 16.3. The number of benzene rings is 2. The number of amides is 4. The highest BCUT2D eigenvalue weighted by Crippen LogP contribution is 2.20. The summed E-state index contributed by atoms with van der Waals surface area (Å²) in [5.74, 6) is -2.18. The smallest absolute Gasteiger partial charge is 0.335 e. The van der Waals surface area contributed by atoms with E-state index in [0.717, 1.165) is 10.5 Å². The number of hydrogen-bond acceptors (Lipinski definition) is 4. The van der Waals surface area contributed by atoms with Crippen molar-refractivity contribution in [1.29, 1.82) is 0 Å². The van der Waals surface area contributed by atoms with Crippen LogP contribution in [0, 0.1) is 6.92 Å². The second-order valence-electron chi connectivity index (χ2n) is 7.40. The van der Waals surface area contributed by atoms with E-state index in [0.29, 0.717) is 17.1 Å². The summed E-state index contributed by atoms with van der Waals surface area (Å²) in [6.45, 7) is 1.41. The van der Waals surface area contributed by atoms with Crippen molar-refractivity contribution in [2.75, 3.05) is 11.9 Å². The van der Waals surface area contributed by atoms with Gasteiger partial charge in [-0.3, -0.25) is 9.59 Å². The summed E-state index contributed by atoms with van der Waals surface area (Å²) in [5.41, 5.74) is 2.72. The summed E-state index contributed by atoms with van der Waals surface area (Å²) < 4.78 is 1.69. The van der Waals surface area contributed by atoms with Gasteiger partial charge < -0.3 is 20.3 Å². The number of nitrogens with one attached hydrogen (secondary N) is 2. The number of carboxylic acids is 1. The van der Waals surface area contributed by atoms with E-state index in [9.17, 15) is 24.3 Å². The molecule has 3 aromatic rings. The molecule has 1 fully saturated rings. The molecule has 9 nitrogen and oxygen atoms in total. The zero-order valence-corrected chi connectivity index (χ0v) is 17.6. The Hall–Kier alpha value is -4.66. The monoisotopic (exact) mass is 444 g/mol. The lowest BCUT2D eigenvalue weighted by molar-refractivity contribution is -0.127. The fraction of sp³-hybridized carbons (Fsp3) is 0.0833. The molecule has 2 aromatic carbocycles. The number of carboxylic acid groups (broad SMARTS) is 1. The quantitative estimate of drug-likeness (QED) is 0.399. The Balaban J connectivity index is 1.53. The summed E-state index contributed by atoms with van der Waals surface area (Å²) >= 11 is 0. The Morgan fingerprint density at radius 1 is 1.06 bits per heavy atom. The standard InChI is InChI=1S/C24H20N4O5/c1-15-6-2-3-10-19(15)25-21(29)14-28-22(30)20(26-24(28)33)13-18-9-5-11-27(18)17-8-4-7-16(12-17)23(31)32/h2-13H,14H2,1H3,(H,25,29)(H,26,33)(H,31,32)/b20-13+. The van der Waals surface area contributed by atoms with Gasteiger partial charge in [-0.05, 0) is 55.0 Å². The van der Waals surface area contributed by atoms with Gasteiger partial charge in [0.25, 0.3) is 5.91 Å². The fourth-order valence-electron chi connectivity index (χ4n) is 3.45. The minimum absolute atomic E-state index is 0.0121. The summed E-state index contributed by atoms with van der Waals surface area (Å²) in [6.07, 6.45) is 3.19. The predicted molar refractivity (Wildman–Crippen MR) is 121 cm³/mol. The number of aryl methyl sites for hydroxylation is 1. The van der Waals surface area contributed by atoms with E-state index in [4.69, 9.17) is 0 Å². The number of para-hydroxylation sites is 1. The fourth-order valence-corrected chi connectivity index (χ4v) is 3.45. The van der Waals surface area contributed by atoms with Gasteiger partial charge in [0, 0.05) is 23.3 Å². The third kappa shape index (κ3) is 4.52. The van der Waals surface area contributed by atoms with Crippen molar-refractivity contribution < 1.29 is 24.3 Å². The van der Waals surface area contributed by atoms with Gasteiger partial charge in [0.1, 0.15) is 12.2 Å². The first-order chi connectivity index (χ1) is 15.8. The molecule has 0 bridgehead atoms. The number of imide groups is 1. The average molecular weight is 444 g/mol. The number of anilines is 1. The van der Waals surface area contributed by atoms with Gasteiger partial charge >= 0.3 is 12.0 Å². The maximum absolute atomic E-state index is 12.8. The van der Waals surface area contributed by atoms with Crippen molar-refractivity contribution in [2.24, 2.45) is 0 Å². The average Bonchev–Trinajstić information content (AvgIpc) is 3.35. The summed E-state index contributed by atoms with van der Waals surface area (Å²) in [4.78, 5) is 49.7. The number of hydrogen-bond donors (Lipinski definition) is 3. The SMILES string of the molecule is Cc1ccccc1NC(=O)CN1C(=O)N/C(=C/c2cccn2-c2cccc(C(=O)O)c2)C1=O. The lowest BCUT2D eigenvalue weighted by Gasteiger charge is -2.13. The number of aromatic carboxylic acids is 1. The Labute approximate surface area is 188 Å². The molecule has 0 spiro atoms. The number of carbonyl (C=O) groups is 4. The van der Waals surface area contributed by atoms with E-state index in [-0.39, 0.29) is 11.3 Å². The molecule has 3 N–H and O–H groups in total. The number of carbonyl (C=O) groups excluding carboxylic acids is 3. The zero-order valence-electron chi connectivity index (χ0n) is 17.6. The molecule has 1 aromatic heterocycles. The Bertz CT molecular complexity index is 1310. The van der Waals surface area contributed by atoms with E-state index < -0.39 is 30.4 Å². The van der Waals surface area contributed by atoms with Crippen LogP contribution in [0.1, 0.15) is 21.6 Å². The maximum atomic E-state index is 12.8. The summed E-state index contributed by atoms with van der Waals surface area (Å²) in [5, 5.41) is 14.4. The number of aromatic nitrogens is 1. The first-order valence-corrected chi connectivity index (χ1v) is 10.0. The molecule has 1 aliphatic rings. The van der Waals surface area contributed by atoms with Gasteiger partial charge in [-0.15, -0.1) is 0 Å². The van der Waals surface area contributed by atoms with Crippen LogP contribution in [-0.4, -0.2) is 44.9 Å². The van der Waals surface area contributed by atoms with Crippen LogP contribution in [0.4, 0.5) is 10.5 Å². The number of nitrogens with zero attached hydrogens (tertiary/aromatic N) is 2. The van der Waals surface area contributed by atoms with E-state index in [1.807, 2.05) is 19.1 Å². The maximum Gasteiger partial charge on any atom is 0.335 e. The number of rotatable bonds is 6. The van der Waals surface area contributed by atoms with Gasteiger partial charge in [-0.25, -0.2) is 14.5 Å². The van der Waals surface area contributed by atoms with Crippen molar-refractivity contribution in [3.8, 4) is 5.69 Å².